The fourth-order valence-electron chi connectivity index (χ4n) is 3.68. The van der Waals surface area contributed by atoms with Gasteiger partial charge in [-0.3, -0.25) is 4.57 Å². The van der Waals surface area contributed by atoms with Crippen LogP contribution in [0.3, 0.4) is 0 Å². The molecule has 1 aromatic carbocycles. The van der Waals surface area contributed by atoms with E-state index in [1.165, 1.54) is 16.8 Å². The number of carbonyl (C=O) groups excluding carboxylic acids is 1. The zero-order valence-corrected chi connectivity index (χ0v) is 19.1. The number of anilines is 1. The van der Waals surface area contributed by atoms with Crippen molar-refractivity contribution in [1.29, 1.82) is 5.41 Å². The topological polar surface area (TPSA) is 119 Å². The molecule has 0 saturated carbocycles. The van der Waals surface area contributed by atoms with Crippen LogP contribution in [0.1, 0.15) is 17.3 Å². The van der Waals surface area contributed by atoms with E-state index in [9.17, 15) is 9.90 Å². The molecule has 0 radical (unpaired) electrons. The SMILES string of the molecule is CN/C(=C\C=N)Nc1ncc(Cl)c(-c2cc3n(c2)C(=O)N(C(CO)c2cccc(Cl)c2)C3)n1. The van der Waals surface area contributed by atoms with Crippen molar-refractivity contribution in [3.8, 4) is 11.3 Å². The molecule has 3 heterocycles. The van der Waals surface area contributed by atoms with Crippen molar-refractivity contribution < 1.29 is 9.90 Å². The summed E-state index contributed by atoms with van der Waals surface area (Å²) in [5.41, 5.74) is 2.64. The van der Waals surface area contributed by atoms with Crippen molar-refractivity contribution in [2.24, 2.45) is 0 Å². The zero-order chi connectivity index (χ0) is 23.5. The quantitative estimate of drug-likeness (QED) is 0.359. The van der Waals surface area contributed by atoms with Gasteiger partial charge in [-0.2, -0.15) is 0 Å². The van der Waals surface area contributed by atoms with Crippen LogP contribution in [0.2, 0.25) is 10.0 Å². The lowest BCUT2D eigenvalue weighted by atomic mass is 10.1. The monoisotopic (exact) mass is 485 g/mol. The molecule has 11 heteroatoms. The Morgan fingerprint density at radius 3 is 2.85 bits per heavy atom. The van der Waals surface area contributed by atoms with Gasteiger partial charge in [-0.25, -0.2) is 14.8 Å². The summed E-state index contributed by atoms with van der Waals surface area (Å²) in [6, 6.07) is 8.18. The molecule has 4 rings (SSSR count). The van der Waals surface area contributed by atoms with E-state index in [-0.39, 0.29) is 18.6 Å². The summed E-state index contributed by atoms with van der Waals surface area (Å²) in [5, 5.41) is 23.9. The number of aromatic nitrogens is 3. The van der Waals surface area contributed by atoms with Crippen LogP contribution in [0.15, 0.2) is 54.6 Å². The predicted molar refractivity (Wildman–Crippen MR) is 128 cm³/mol. The molecule has 3 aromatic rings. The largest absolute Gasteiger partial charge is 0.394 e. The van der Waals surface area contributed by atoms with Crippen molar-refractivity contribution in [3.63, 3.8) is 0 Å². The lowest BCUT2D eigenvalue weighted by Crippen LogP contribution is -2.32. The number of halogens is 2. The van der Waals surface area contributed by atoms with E-state index in [0.717, 1.165) is 17.5 Å². The average Bonchev–Trinajstić information content (AvgIpc) is 3.35. The highest BCUT2D eigenvalue weighted by Gasteiger charge is 2.34. The molecule has 0 bridgehead atoms. The first-order valence-electron chi connectivity index (χ1n) is 10.0. The van der Waals surface area contributed by atoms with Crippen molar-refractivity contribution in [2.75, 3.05) is 19.0 Å². The second kappa shape index (κ2) is 9.62. The molecule has 4 N–H and O–H groups in total. The highest BCUT2D eigenvalue weighted by Crippen LogP contribution is 2.34. The van der Waals surface area contributed by atoms with Crippen LogP contribution in [0.4, 0.5) is 10.7 Å². The number of rotatable bonds is 8. The first-order chi connectivity index (χ1) is 15.9. The second-order valence-electron chi connectivity index (χ2n) is 7.27. The first-order valence-corrected chi connectivity index (χ1v) is 10.8. The van der Waals surface area contributed by atoms with E-state index in [2.05, 4.69) is 20.6 Å². The molecule has 0 aliphatic carbocycles. The Kier molecular flexibility index (Phi) is 6.64. The third-order valence-electron chi connectivity index (χ3n) is 5.25. The molecule has 0 spiro atoms. The molecule has 170 valence electrons. The summed E-state index contributed by atoms with van der Waals surface area (Å²) >= 11 is 12.4. The van der Waals surface area contributed by atoms with Crippen molar-refractivity contribution in [3.05, 3.63) is 75.9 Å². The van der Waals surface area contributed by atoms with Crippen LogP contribution in [-0.4, -0.2) is 50.4 Å². The number of fused-ring (bicyclic) bond motifs is 1. The number of aliphatic hydroxyl groups excluding tert-OH is 1. The molecular weight excluding hydrogens is 465 g/mol. The fourth-order valence-corrected chi connectivity index (χ4v) is 4.08. The molecule has 0 fully saturated rings. The Morgan fingerprint density at radius 2 is 2.18 bits per heavy atom. The molecule has 2 aromatic heterocycles. The van der Waals surface area contributed by atoms with E-state index in [0.29, 0.717) is 33.7 Å². The minimum atomic E-state index is -0.515. The summed E-state index contributed by atoms with van der Waals surface area (Å²) in [4.78, 5) is 23.4. The lowest BCUT2D eigenvalue weighted by molar-refractivity contribution is 0.141. The van der Waals surface area contributed by atoms with Crippen LogP contribution in [0, 0.1) is 5.41 Å². The van der Waals surface area contributed by atoms with Crippen molar-refractivity contribution >= 4 is 41.4 Å². The van der Waals surface area contributed by atoms with Crippen LogP contribution >= 0.6 is 23.2 Å². The smallest absolute Gasteiger partial charge is 0.329 e. The standard InChI is InChI=1S/C22H21Cl2N7O2/c1-26-19(5-6-25)28-21-27-9-17(24)20(29-21)14-8-16-11-31(22(33)30(16)10-14)18(12-32)13-3-2-4-15(23)7-13/h2-10,18,25-26,32H,11-12H2,1H3,(H,27,28,29)/b19-5+,25-6?. The number of nitrogens with zero attached hydrogens (tertiary/aromatic N) is 4. The molecule has 1 unspecified atom stereocenters. The molecule has 1 atom stereocenters. The van der Waals surface area contributed by atoms with E-state index >= 15 is 0 Å². The van der Waals surface area contributed by atoms with Crippen LogP contribution in [0.25, 0.3) is 11.3 Å². The van der Waals surface area contributed by atoms with Gasteiger partial charge in [0.15, 0.2) is 0 Å². The second-order valence-corrected chi connectivity index (χ2v) is 8.11. The van der Waals surface area contributed by atoms with E-state index in [1.54, 1.807) is 36.3 Å². The Bertz CT molecular complexity index is 1240. The third kappa shape index (κ3) is 4.56. The summed E-state index contributed by atoms with van der Waals surface area (Å²) in [6.07, 6.45) is 5.81. The lowest BCUT2D eigenvalue weighted by Gasteiger charge is -2.26. The van der Waals surface area contributed by atoms with Gasteiger partial charge in [0.05, 0.1) is 36.1 Å². The maximum atomic E-state index is 13.1. The minimum absolute atomic E-state index is 0.229. The maximum absolute atomic E-state index is 13.1. The predicted octanol–water partition coefficient (Wildman–Crippen LogP) is 3.89. The zero-order valence-electron chi connectivity index (χ0n) is 17.6. The van der Waals surface area contributed by atoms with Crippen molar-refractivity contribution in [2.45, 2.75) is 12.6 Å². The first kappa shape index (κ1) is 22.8. The van der Waals surface area contributed by atoms with Crippen LogP contribution in [0.5, 0.6) is 0 Å². The number of hydrogen-bond acceptors (Lipinski definition) is 7. The molecule has 33 heavy (non-hydrogen) atoms. The van der Waals surface area contributed by atoms with Gasteiger partial charge >= 0.3 is 6.03 Å². The highest BCUT2D eigenvalue weighted by molar-refractivity contribution is 6.33. The Labute approximate surface area is 200 Å². The Morgan fingerprint density at radius 1 is 1.36 bits per heavy atom. The van der Waals surface area contributed by atoms with Gasteiger partial charge in [0.2, 0.25) is 5.95 Å². The Hall–Kier alpha value is -3.40. The maximum Gasteiger partial charge on any atom is 0.329 e. The van der Waals surface area contributed by atoms with E-state index in [1.807, 2.05) is 12.1 Å². The van der Waals surface area contributed by atoms with Gasteiger partial charge in [0.1, 0.15) is 5.82 Å². The third-order valence-corrected chi connectivity index (χ3v) is 5.76. The number of aliphatic hydroxyl groups is 1. The number of benzene rings is 1. The molecule has 1 aliphatic rings. The number of allylic oxidation sites excluding steroid dienone is 1. The summed E-state index contributed by atoms with van der Waals surface area (Å²) < 4.78 is 1.53. The van der Waals surface area contributed by atoms with Gasteiger partial charge in [0.25, 0.3) is 0 Å². The molecule has 9 nitrogen and oxygen atoms in total. The summed E-state index contributed by atoms with van der Waals surface area (Å²) in [6.45, 7) is 0.0873. The van der Waals surface area contributed by atoms with E-state index in [4.69, 9.17) is 28.6 Å². The minimum Gasteiger partial charge on any atom is -0.394 e. The molecule has 0 saturated heterocycles. The van der Waals surface area contributed by atoms with Gasteiger partial charge in [-0.15, -0.1) is 0 Å². The number of amides is 1. The number of nitrogens with one attached hydrogen (secondary N) is 3. The van der Waals surface area contributed by atoms with Crippen LogP contribution in [-0.2, 0) is 6.54 Å². The van der Waals surface area contributed by atoms with Gasteiger partial charge < -0.3 is 26.0 Å². The van der Waals surface area contributed by atoms with Crippen LogP contribution < -0.4 is 10.6 Å². The fraction of sp³-hybridized carbons (Fsp3) is 0.182. The van der Waals surface area contributed by atoms with E-state index < -0.39 is 6.04 Å². The Balaban J connectivity index is 1.61. The number of hydrogen-bond donors (Lipinski definition) is 4. The van der Waals surface area contributed by atoms with Crippen molar-refractivity contribution in [1.82, 2.24) is 24.8 Å². The van der Waals surface area contributed by atoms with Gasteiger partial charge in [-0.05, 0) is 29.8 Å². The van der Waals surface area contributed by atoms with Gasteiger partial charge in [0, 0.05) is 35.7 Å². The molecule has 1 amide bonds. The normalized spacial score (nSPS) is 14.2. The summed E-state index contributed by atoms with van der Waals surface area (Å²) in [7, 11) is 1.71. The number of carbonyl (C=O) groups is 1. The molecule has 1 aliphatic heterocycles. The highest BCUT2D eigenvalue weighted by atomic mass is 35.5. The van der Waals surface area contributed by atoms with Gasteiger partial charge in [-0.1, -0.05) is 35.3 Å². The molecular formula is C22H21Cl2N7O2. The average molecular weight is 486 g/mol. The summed E-state index contributed by atoms with van der Waals surface area (Å²) in [5.74, 6) is 0.831.